The molecule has 0 aliphatic heterocycles. The number of hydrogen-bond acceptors (Lipinski definition) is 8. The van der Waals surface area contributed by atoms with Crippen LogP contribution < -0.4 is 25.8 Å². The van der Waals surface area contributed by atoms with E-state index >= 15 is 0 Å². The minimum absolute atomic E-state index is 0.201. The number of benzene rings is 1. The highest BCUT2D eigenvalue weighted by Crippen LogP contribution is 2.34. The zero-order valence-electron chi connectivity index (χ0n) is 15.7. The predicted octanol–water partition coefficient (Wildman–Crippen LogP) is 2.31. The van der Waals surface area contributed by atoms with Gasteiger partial charge < -0.3 is 25.8 Å². The highest BCUT2D eigenvalue weighted by Gasteiger charge is 2.13. The maximum absolute atomic E-state index is 5.71. The molecule has 8 heteroatoms. The SMILES string of the molecule is CNCCCNc1nc2nc(N)ncc2cc1-c1cc(OC)cc(OC)c1. The third-order valence-electron chi connectivity index (χ3n) is 4.15. The molecule has 1 aromatic carbocycles. The Labute approximate surface area is 158 Å². The van der Waals surface area contributed by atoms with E-state index in [1.807, 2.05) is 31.3 Å². The Hall–Kier alpha value is -3.13. The van der Waals surface area contributed by atoms with Crippen LogP contribution in [0.2, 0.25) is 0 Å². The molecule has 0 fully saturated rings. The van der Waals surface area contributed by atoms with Crippen LogP contribution in [-0.2, 0) is 0 Å². The van der Waals surface area contributed by atoms with Gasteiger partial charge in [0.05, 0.1) is 14.2 Å². The number of ether oxygens (including phenoxy) is 2. The fourth-order valence-electron chi connectivity index (χ4n) is 2.77. The van der Waals surface area contributed by atoms with Crippen LogP contribution in [0.5, 0.6) is 11.5 Å². The number of fused-ring (bicyclic) bond motifs is 1. The van der Waals surface area contributed by atoms with Crippen LogP contribution in [0.1, 0.15) is 6.42 Å². The Kier molecular flexibility index (Phi) is 5.87. The Morgan fingerprint density at radius 2 is 1.74 bits per heavy atom. The van der Waals surface area contributed by atoms with E-state index in [0.29, 0.717) is 17.1 Å². The molecule has 0 amide bonds. The van der Waals surface area contributed by atoms with Gasteiger partial charge in [-0.15, -0.1) is 0 Å². The summed E-state index contributed by atoms with van der Waals surface area (Å²) in [7, 11) is 5.19. The Bertz CT molecular complexity index is 909. The first-order chi connectivity index (χ1) is 13.1. The minimum Gasteiger partial charge on any atom is -0.497 e. The minimum atomic E-state index is 0.201. The summed E-state index contributed by atoms with van der Waals surface area (Å²) in [5.41, 5.74) is 8.11. The second-order valence-corrected chi connectivity index (χ2v) is 6.01. The average Bonchev–Trinajstić information content (AvgIpc) is 2.70. The lowest BCUT2D eigenvalue weighted by Gasteiger charge is -2.14. The average molecular weight is 368 g/mol. The molecule has 27 heavy (non-hydrogen) atoms. The molecule has 2 heterocycles. The van der Waals surface area contributed by atoms with E-state index in [4.69, 9.17) is 15.2 Å². The van der Waals surface area contributed by atoms with Crippen LogP contribution >= 0.6 is 0 Å². The summed E-state index contributed by atoms with van der Waals surface area (Å²) < 4.78 is 10.8. The van der Waals surface area contributed by atoms with Crippen molar-refractivity contribution in [3.63, 3.8) is 0 Å². The van der Waals surface area contributed by atoms with Crippen molar-refractivity contribution in [2.75, 3.05) is 45.4 Å². The number of nitrogens with two attached hydrogens (primary N) is 1. The second kappa shape index (κ2) is 8.50. The Morgan fingerprint density at radius 3 is 2.41 bits per heavy atom. The first-order valence-electron chi connectivity index (χ1n) is 8.69. The van der Waals surface area contributed by atoms with Crippen LogP contribution in [0.25, 0.3) is 22.2 Å². The first kappa shape index (κ1) is 18.7. The lowest BCUT2D eigenvalue weighted by Crippen LogP contribution is -2.14. The molecule has 3 aromatic rings. The lowest BCUT2D eigenvalue weighted by atomic mass is 10.0. The van der Waals surface area contributed by atoms with E-state index < -0.39 is 0 Å². The van der Waals surface area contributed by atoms with Gasteiger partial charge in [0, 0.05) is 29.8 Å². The van der Waals surface area contributed by atoms with Crippen molar-refractivity contribution >= 4 is 22.8 Å². The van der Waals surface area contributed by atoms with Gasteiger partial charge >= 0.3 is 0 Å². The van der Waals surface area contributed by atoms with E-state index in [2.05, 4.69) is 25.6 Å². The van der Waals surface area contributed by atoms with E-state index in [-0.39, 0.29) is 5.95 Å². The molecule has 0 radical (unpaired) electrons. The molecule has 0 aliphatic rings. The van der Waals surface area contributed by atoms with E-state index in [0.717, 1.165) is 41.8 Å². The van der Waals surface area contributed by atoms with Crippen molar-refractivity contribution in [1.82, 2.24) is 20.3 Å². The monoisotopic (exact) mass is 368 g/mol. The van der Waals surface area contributed by atoms with Crippen LogP contribution in [0.15, 0.2) is 30.5 Å². The molecular weight excluding hydrogens is 344 g/mol. The number of hydrogen-bond donors (Lipinski definition) is 3. The fraction of sp³-hybridized carbons (Fsp3) is 0.316. The van der Waals surface area contributed by atoms with Gasteiger partial charge in [-0.25, -0.2) is 9.97 Å². The van der Waals surface area contributed by atoms with Crippen LogP contribution in [-0.4, -0.2) is 49.3 Å². The van der Waals surface area contributed by atoms with Crippen LogP contribution in [0.4, 0.5) is 11.8 Å². The second-order valence-electron chi connectivity index (χ2n) is 6.01. The quantitative estimate of drug-likeness (QED) is 0.520. The fourth-order valence-corrected chi connectivity index (χ4v) is 2.77. The van der Waals surface area contributed by atoms with Crippen molar-refractivity contribution in [3.05, 3.63) is 30.5 Å². The summed E-state index contributed by atoms with van der Waals surface area (Å²) >= 11 is 0. The third kappa shape index (κ3) is 4.35. The van der Waals surface area contributed by atoms with Crippen molar-refractivity contribution in [2.24, 2.45) is 0 Å². The maximum Gasteiger partial charge on any atom is 0.222 e. The summed E-state index contributed by atoms with van der Waals surface area (Å²) in [6, 6.07) is 7.73. The molecule has 0 saturated carbocycles. The standard InChI is InChI=1S/C19H24N6O2/c1-21-5-4-6-22-18-16(9-13-11-23-19(20)25-17(13)24-18)12-7-14(26-2)10-15(8-12)27-3/h7-11,21H,4-6H2,1-3H3,(H3,20,22,23,24,25). The molecule has 142 valence electrons. The number of rotatable bonds is 8. The third-order valence-corrected chi connectivity index (χ3v) is 4.15. The molecule has 0 atom stereocenters. The van der Waals surface area contributed by atoms with Crippen molar-refractivity contribution in [1.29, 1.82) is 0 Å². The van der Waals surface area contributed by atoms with Crippen LogP contribution in [0, 0.1) is 0 Å². The van der Waals surface area contributed by atoms with E-state index in [9.17, 15) is 0 Å². The van der Waals surface area contributed by atoms with Gasteiger partial charge in [0.1, 0.15) is 17.3 Å². The number of methoxy groups -OCH3 is 2. The molecule has 3 rings (SSSR count). The molecule has 0 spiro atoms. The summed E-state index contributed by atoms with van der Waals surface area (Å²) in [5, 5.41) is 7.34. The zero-order chi connectivity index (χ0) is 19.2. The summed E-state index contributed by atoms with van der Waals surface area (Å²) in [6.07, 6.45) is 2.64. The van der Waals surface area contributed by atoms with E-state index in [1.54, 1.807) is 20.4 Å². The van der Waals surface area contributed by atoms with Gasteiger partial charge in [0.25, 0.3) is 0 Å². The number of nitrogens with zero attached hydrogens (tertiary/aromatic N) is 3. The summed E-state index contributed by atoms with van der Waals surface area (Å²) in [6.45, 7) is 1.69. The van der Waals surface area contributed by atoms with Gasteiger partial charge in [-0.05, 0) is 43.8 Å². The molecule has 2 aromatic heterocycles. The van der Waals surface area contributed by atoms with Crippen molar-refractivity contribution < 1.29 is 9.47 Å². The Balaban J connectivity index is 2.09. The van der Waals surface area contributed by atoms with Crippen molar-refractivity contribution in [2.45, 2.75) is 6.42 Å². The smallest absolute Gasteiger partial charge is 0.222 e. The molecule has 8 nitrogen and oxygen atoms in total. The van der Waals surface area contributed by atoms with Gasteiger partial charge in [0.15, 0.2) is 5.65 Å². The number of pyridine rings is 1. The van der Waals surface area contributed by atoms with Crippen molar-refractivity contribution in [3.8, 4) is 22.6 Å². The predicted molar refractivity (Wildman–Crippen MR) is 107 cm³/mol. The van der Waals surface area contributed by atoms with Gasteiger partial charge in [-0.1, -0.05) is 0 Å². The normalized spacial score (nSPS) is 10.8. The summed E-state index contributed by atoms with van der Waals surface area (Å²) in [4.78, 5) is 13.0. The topological polar surface area (TPSA) is 107 Å². The highest BCUT2D eigenvalue weighted by molar-refractivity contribution is 5.88. The molecule has 0 saturated heterocycles. The number of nitrogen functional groups attached to an aromatic ring is 1. The number of anilines is 2. The largest absolute Gasteiger partial charge is 0.497 e. The van der Waals surface area contributed by atoms with E-state index in [1.165, 1.54) is 0 Å². The first-order valence-corrected chi connectivity index (χ1v) is 8.69. The summed E-state index contributed by atoms with van der Waals surface area (Å²) in [5.74, 6) is 2.34. The molecule has 0 unspecified atom stereocenters. The maximum atomic E-state index is 5.71. The van der Waals surface area contributed by atoms with Gasteiger partial charge in [0.2, 0.25) is 5.95 Å². The number of nitrogens with one attached hydrogen (secondary N) is 2. The molecule has 4 N–H and O–H groups in total. The lowest BCUT2D eigenvalue weighted by molar-refractivity contribution is 0.394. The van der Waals surface area contributed by atoms with Crippen LogP contribution in [0.3, 0.4) is 0 Å². The Morgan fingerprint density at radius 1 is 1.00 bits per heavy atom. The molecule has 0 aliphatic carbocycles. The van der Waals surface area contributed by atoms with Gasteiger partial charge in [-0.2, -0.15) is 4.98 Å². The zero-order valence-corrected chi connectivity index (χ0v) is 15.7. The number of aromatic nitrogens is 3. The van der Waals surface area contributed by atoms with Gasteiger partial charge in [-0.3, -0.25) is 0 Å². The molecule has 0 bridgehead atoms. The molecular formula is C19H24N6O2. The highest BCUT2D eigenvalue weighted by atomic mass is 16.5.